The average Bonchev–Trinajstić information content (AvgIpc) is 2.59. The van der Waals surface area contributed by atoms with Gasteiger partial charge in [-0.25, -0.2) is 0 Å². The zero-order chi connectivity index (χ0) is 8.81. The van der Waals surface area contributed by atoms with Crippen LogP contribution in [0, 0.1) is 12.3 Å². The molecular weight excluding hydrogens is 168 g/mol. The van der Waals surface area contributed by atoms with E-state index in [9.17, 15) is 0 Å². The summed E-state index contributed by atoms with van der Waals surface area (Å²) in [5.41, 5.74) is 1.83. The molecule has 0 radical (unpaired) electrons. The van der Waals surface area contributed by atoms with Crippen LogP contribution in [0.5, 0.6) is 0 Å². The van der Waals surface area contributed by atoms with Gasteiger partial charge in [0.25, 0.3) is 0 Å². The minimum atomic E-state index is 0.187. The summed E-state index contributed by atoms with van der Waals surface area (Å²) >= 11 is 1.64. The van der Waals surface area contributed by atoms with Gasteiger partial charge in [-0.3, -0.25) is 10.3 Å². The summed E-state index contributed by atoms with van der Waals surface area (Å²) in [4.78, 5) is 5.20. The third-order valence-electron chi connectivity index (χ3n) is 1.62. The molecule has 0 aromatic carbocycles. The molecule has 0 aliphatic rings. The van der Waals surface area contributed by atoms with Gasteiger partial charge < -0.3 is 0 Å². The van der Waals surface area contributed by atoms with E-state index in [-0.39, 0.29) is 6.04 Å². The van der Waals surface area contributed by atoms with Crippen LogP contribution in [0.2, 0.25) is 0 Å². The zero-order valence-corrected chi connectivity index (χ0v) is 7.90. The molecule has 0 amide bonds. The summed E-state index contributed by atoms with van der Waals surface area (Å²) in [6.45, 7) is 2.90. The standard InChI is InChI=1S/C9H12N2S/c1-3-8(4-2)11-6-9-5-10-7-12-9/h1,5,7-8,11H,4,6H2,2H3. The quantitative estimate of drug-likeness (QED) is 0.713. The molecule has 0 aliphatic heterocycles. The van der Waals surface area contributed by atoms with E-state index < -0.39 is 0 Å². The van der Waals surface area contributed by atoms with E-state index in [1.54, 1.807) is 11.3 Å². The van der Waals surface area contributed by atoms with Gasteiger partial charge in [0.2, 0.25) is 0 Å². The van der Waals surface area contributed by atoms with Gasteiger partial charge in [0.05, 0.1) is 11.6 Å². The van der Waals surface area contributed by atoms with Crippen molar-refractivity contribution in [3.63, 3.8) is 0 Å². The Morgan fingerprint density at radius 1 is 1.83 bits per heavy atom. The van der Waals surface area contributed by atoms with Gasteiger partial charge in [0.15, 0.2) is 0 Å². The minimum Gasteiger partial charge on any atom is -0.299 e. The highest BCUT2D eigenvalue weighted by Gasteiger charge is 2.00. The third-order valence-corrected chi connectivity index (χ3v) is 2.40. The van der Waals surface area contributed by atoms with Gasteiger partial charge in [-0.05, 0) is 6.42 Å². The van der Waals surface area contributed by atoms with E-state index in [4.69, 9.17) is 6.42 Å². The fraction of sp³-hybridized carbons (Fsp3) is 0.444. The molecular formula is C9H12N2S. The van der Waals surface area contributed by atoms with Crippen LogP contribution in [0.25, 0.3) is 0 Å². The first-order valence-corrected chi connectivity index (χ1v) is 4.81. The smallest absolute Gasteiger partial charge is 0.0794 e. The van der Waals surface area contributed by atoms with Gasteiger partial charge in [-0.1, -0.05) is 12.8 Å². The highest BCUT2D eigenvalue weighted by Crippen LogP contribution is 2.04. The van der Waals surface area contributed by atoms with E-state index in [2.05, 4.69) is 23.1 Å². The number of nitrogens with zero attached hydrogens (tertiary/aromatic N) is 1. The van der Waals surface area contributed by atoms with Crippen LogP contribution in [0.3, 0.4) is 0 Å². The first-order valence-electron chi connectivity index (χ1n) is 3.93. The zero-order valence-electron chi connectivity index (χ0n) is 7.08. The van der Waals surface area contributed by atoms with Gasteiger partial charge in [0, 0.05) is 17.6 Å². The van der Waals surface area contributed by atoms with E-state index in [0.717, 1.165) is 13.0 Å². The molecule has 1 unspecified atom stereocenters. The lowest BCUT2D eigenvalue weighted by Crippen LogP contribution is -2.25. The van der Waals surface area contributed by atoms with Gasteiger partial charge in [-0.2, -0.15) is 0 Å². The SMILES string of the molecule is C#CC(CC)NCc1cncs1. The molecule has 0 spiro atoms. The van der Waals surface area contributed by atoms with Crippen LogP contribution in [0.4, 0.5) is 0 Å². The van der Waals surface area contributed by atoms with Crippen molar-refractivity contribution in [2.75, 3.05) is 0 Å². The summed E-state index contributed by atoms with van der Waals surface area (Å²) < 4.78 is 0. The highest BCUT2D eigenvalue weighted by molar-refractivity contribution is 7.09. The van der Waals surface area contributed by atoms with Crippen LogP contribution in [0.15, 0.2) is 11.7 Å². The lowest BCUT2D eigenvalue weighted by molar-refractivity contribution is 0.596. The fourth-order valence-corrected chi connectivity index (χ4v) is 1.42. The number of nitrogens with one attached hydrogen (secondary N) is 1. The van der Waals surface area contributed by atoms with Crippen LogP contribution < -0.4 is 5.32 Å². The van der Waals surface area contributed by atoms with Gasteiger partial charge in [0.1, 0.15) is 0 Å². The summed E-state index contributed by atoms with van der Waals surface area (Å²) in [6, 6.07) is 0.187. The molecule has 0 fully saturated rings. The largest absolute Gasteiger partial charge is 0.299 e. The van der Waals surface area contributed by atoms with Gasteiger partial charge >= 0.3 is 0 Å². The molecule has 1 N–H and O–H groups in total. The maximum Gasteiger partial charge on any atom is 0.0794 e. The average molecular weight is 180 g/mol. The molecule has 0 bridgehead atoms. The second kappa shape index (κ2) is 4.91. The van der Waals surface area contributed by atoms with E-state index in [1.165, 1.54) is 4.88 Å². The molecule has 1 aromatic rings. The van der Waals surface area contributed by atoms with Crippen molar-refractivity contribution in [1.82, 2.24) is 10.3 Å². The maximum absolute atomic E-state index is 5.30. The van der Waals surface area contributed by atoms with Crippen LogP contribution in [0.1, 0.15) is 18.2 Å². The monoisotopic (exact) mass is 180 g/mol. The Kier molecular flexibility index (Phi) is 3.78. The van der Waals surface area contributed by atoms with Crippen molar-refractivity contribution in [2.24, 2.45) is 0 Å². The molecule has 2 nitrogen and oxygen atoms in total. The van der Waals surface area contributed by atoms with Crippen LogP contribution >= 0.6 is 11.3 Å². The molecule has 12 heavy (non-hydrogen) atoms. The Morgan fingerprint density at radius 2 is 2.67 bits per heavy atom. The molecule has 0 saturated heterocycles. The molecule has 1 aromatic heterocycles. The van der Waals surface area contributed by atoms with Crippen LogP contribution in [-0.4, -0.2) is 11.0 Å². The minimum absolute atomic E-state index is 0.187. The maximum atomic E-state index is 5.30. The predicted octanol–water partition coefficient (Wildman–Crippen LogP) is 1.64. The Hall–Kier alpha value is -0.850. The van der Waals surface area contributed by atoms with Crippen molar-refractivity contribution >= 4 is 11.3 Å². The molecule has 64 valence electrons. The lowest BCUT2D eigenvalue weighted by atomic mass is 10.2. The van der Waals surface area contributed by atoms with Crippen molar-refractivity contribution in [2.45, 2.75) is 25.9 Å². The molecule has 0 aliphatic carbocycles. The van der Waals surface area contributed by atoms with E-state index in [1.807, 2.05) is 11.7 Å². The fourth-order valence-electron chi connectivity index (χ4n) is 0.874. The second-order valence-corrected chi connectivity index (χ2v) is 3.45. The Morgan fingerprint density at radius 3 is 3.17 bits per heavy atom. The predicted molar refractivity (Wildman–Crippen MR) is 51.9 cm³/mol. The van der Waals surface area contributed by atoms with Crippen molar-refractivity contribution < 1.29 is 0 Å². The Balaban J connectivity index is 2.31. The number of terminal acetylenes is 1. The topological polar surface area (TPSA) is 24.9 Å². The van der Waals surface area contributed by atoms with Gasteiger partial charge in [-0.15, -0.1) is 17.8 Å². The summed E-state index contributed by atoms with van der Waals surface area (Å²) in [5.74, 6) is 2.69. The highest BCUT2D eigenvalue weighted by atomic mass is 32.1. The first-order chi connectivity index (χ1) is 5.86. The summed E-state index contributed by atoms with van der Waals surface area (Å²) in [6.07, 6.45) is 8.13. The Labute approximate surface area is 77.0 Å². The summed E-state index contributed by atoms with van der Waals surface area (Å²) in [5, 5.41) is 3.26. The molecule has 0 saturated carbocycles. The molecule has 1 heterocycles. The van der Waals surface area contributed by atoms with Crippen molar-refractivity contribution in [3.05, 3.63) is 16.6 Å². The van der Waals surface area contributed by atoms with Crippen LogP contribution in [-0.2, 0) is 6.54 Å². The molecule has 1 rings (SSSR count). The number of thiazole rings is 1. The summed E-state index contributed by atoms with van der Waals surface area (Å²) in [7, 11) is 0. The first kappa shape index (κ1) is 9.24. The third kappa shape index (κ3) is 2.65. The molecule has 1 atom stereocenters. The normalized spacial score (nSPS) is 12.3. The second-order valence-electron chi connectivity index (χ2n) is 2.48. The lowest BCUT2D eigenvalue weighted by Gasteiger charge is -2.08. The number of hydrogen-bond acceptors (Lipinski definition) is 3. The molecule has 3 heteroatoms. The number of aromatic nitrogens is 1. The Bertz CT molecular complexity index is 248. The number of hydrogen-bond donors (Lipinski definition) is 1. The van der Waals surface area contributed by atoms with Crippen molar-refractivity contribution in [3.8, 4) is 12.3 Å². The van der Waals surface area contributed by atoms with Crippen molar-refractivity contribution in [1.29, 1.82) is 0 Å². The van der Waals surface area contributed by atoms with E-state index in [0.29, 0.717) is 0 Å². The number of rotatable bonds is 4. The van der Waals surface area contributed by atoms with E-state index >= 15 is 0 Å².